The number of nitrogens with one attached hydrogen (secondary N) is 1. The number of esters is 1. The summed E-state index contributed by atoms with van der Waals surface area (Å²) in [4.78, 5) is 40.4. The molecule has 1 heterocycles. The van der Waals surface area contributed by atoms with Gasteiger partial charge in [-0.3, -0.25) is 14.4 Å². The summed E-state index contributed by atoms with van der Waals surface area (Å²) < 4.78 is 51.7. The maximum Gasteiger partial charge on any atom is 0.308 e. The molecule has 0 radical (unpaired) electrons. The molecule has 53 heavy (non-hydrogen) atoms. The van der Waals surface area contributed by atoms with Crippen molar-refractivity contribution in [2.75, 3.05) is 12.4 Å². The van der Waals surface area contributed by atoms with Crippen LogP contribution in [0.3, 0.4) is 0 Å². The summed E-state index contributed by atoms with van der Waals surface area (Å²) in [5.41, 5.74) is 3.28. The molecule has 10 nitrogen and oxygen atoms in total. The number of carbonyl (C=O) groups excluding carboxylic acids is 3. The van der Waals surface area contributed by atoms with Crippen LogP contribution in [-0.2, 0) is 28.8 Å². The first-order valence-electron chi connectivity index (χ1n) is 17.2. The van der Waals surface area contributed by atoms with Gasteiger partial charge in [0.25, 0.3) is 5.91 Å². The number of anilines is 1. The highest BCUT2D eigenvalue weighted by Gasteiger charge is 2.40. The van der Waals surface area contributed by atoms with Crippen LogP contribution in [0.25, 0.3) is 28.3 Å². The number of methoxy groups -OCH3 is 1. The van der Waals surface area contributed by atoms with Gasteiger partial charge in [-0.15, -0.1) is 0 Å². The van der Waals surface area contributed by atoms with Gasteiger partial charge < -0.3 is 19.0 Å². The van der Waals surface area contributed by atoms with Crippen molar-refractivity contribution in [3.8, 4) is 22.3 Å². The summed E-state index contributed by atoms with van der Waals surface area (Å²) in [7, 11) is -5.15. The molecule has 4 rings (SSSR count). The third kappa shape index (κ3) is 10.0. The first-order valence-corrected chi connectivity index (χ1v) is 21.7. The van der Waals surface area contributed by atoms with Crippen LogP contribution in [0.2, 0.25) is 18.1 Å². The van der Waals surface area contributed by atoms with E-state index in [2.05, 4.69) is 26.1 Å². The highest BCUT2D eigenvalue weighted by Crippen LogP contribution is 2.43. The fourth-order valence-electron chi connectivity index (χ4n) is 5.75. The van der Waals surface area contributed by atoms with Gasteiger partial charge >= 0.3 is 5.97 Å². The van der Waals surface area contributed by atoms with Crippen molar-refractivity contribution in [3.05, 3.63) is 102 Å². The molecule has 0 spiro atoms. The number of nitrogens with zero attached hydrogens (tertiary/aromatic N) is 1. The standard InChI is InChI=1S/C40H48FN3O7SSi/c1-26(2)44-34(22-21-31(45)24-32(25-35(46)50-6)51-53(7,8)40(3,4)5)36(28-17-19-29(41)20-18-28)37(27-13-10-9-11-14-27)38(44)39(47)43-30-15-12-16-33(23-30)52(42,48)49/h9-23,26,32H,24-25H2,1-8H3,(H,43,47)(H2,42,48,49)/t32-/m1/s1. The average Bonchev–Trinajstić information content (AvgIpc) is 3.42. The van der Waals surface area contributed by atoms with Gasteiger partial charge in [-0.25, -0.2) is 17.9 Å². The first-order chi connectivity index (χ1) is 24.7. The lowest BCUT2D eigenvalue weighted by atomic mass is 9.94. The van der Waals surface area contributed by atoms with Crippen LogP contribution in [-0.4, -0.2) is 52.2 Å². The molecule has 1 aromatic heterocycles. The summed E-state index contributed by atoms with van der Waals surface area (Å²) in [5, 5.41) is 8.03. The number of rotatable bonds is 14. The average molecular weight is 762 g/mol. The molecule has 1 atom stereocenters. The topological polar surface area (TPSA) is 147 Å². The van der Waals surface area contributed by atoms with Crippen molar-refractivity contribution >= 4 is 47.8 Å². The Morgan fingerprint density at radius 3 is 2.11 bits per heavy atom. The molecule has 0 aliphatic carbocycles. The minimum absolute atomic E-state index is 0.0916. The Kier molecular flexibility index (Phi) is 12.8. The van der Waals surface area contributed by atoms with Crippen LogP contribution in [0.1, 0.15) is 69.7 Å². The van der Waals surface area contributed by atoms with Gasteiger partial charge in [0.05, 0.1) is 30.2 Å². The second kappa shape index (κ2) is 16.5. The summed E-state index contributed by atoms with van der Waals surface area (Å²) in [6.07, 6.45) is 2.13. The largest absolute Gasteiger partial charge is 0.469 e. The van der Waals surface area contributed by atoms with Crippen molar-refractivity contribution in [2.45, 2.75) is 82.6 Å². The third-order valence-electron chi connectivity index (χ3n) is 9.34. The van der Waals surface area contributed by atoms with E-state index >= 15 is 0 Å². The summed E-state index contributed by atoms with van der Waals surface area (Å²) >= 11 is 0. The van der Waals surface area contributed by atoms with Gasteiger partial charge in [-0.2, -0.15) is 0 Å². The molecular weight excluding hydrogens is 714 g/mol. The Labute approximate surface area is 312 Å². The molecule has 0 aliphatic heterocycles. The quantitative estimate of drug-likeness (QED) is 0.0746. The molecule has 4 aromatic rings. The molecule has 3 N–H and O–H groups in total. The lowest BCUT2D eigenvalue weighted by Crippen LogP contribution is -2.44. The van der Waals surface area contributed by atoms with Gasteiger partial charge in [0.1, 0.15) is 11.5 Å². The number of carbonyl (C=O) groups is 3. The molecule has 0 aliphatic rings. The lowest BCUT2D eigenvalue weighted by molar-refractivity contribution is -0.142. The molecule has 0 bridgehead atoms. The zero-order chi connectivity index (χ0) is 39.3. The molecule has 3 aromatic carbocycles. The number of sulfonamides is 1. The number of hydrogen-bond donors (Lipinski definition) is 2. The Morgan fingerprint density at radius 1 is 0.925 bits per heavy atom. The summed E-state index contributed by atoms with van der Waals surface area (Å²) in [6.45, 7) is 14.1. The molecule has 0 fully saturated rings. The molecule has 282 valence electrons. The predicted octanol–water partition coefficient (Wildman–Crippen LogP) is 8.37. The maximum absolute atomic E-state index is 14.5. The van der Waals surface area contributed by atoms with E-state index in [1.807, 2.05) is 57.3 Å². The number of primary sulfonamides is 1. The molecule has 0 unspecified atom stereocenters. The van der Waals surface area contributed by atoms with Crippen molar-refractivity contribution < 1.29 is 36.4 Å². The minimum Gasteiger partial charge on any atom is -0.469 e. The number of halogens is 1. The predicted molar refractivity (Wildman–Crippen MR) is 209 cm³/mol. The number of ketones is 1. The van der Waals surface area contributed by atoms with E-state index < -0.39 is 42.1 Å². The molecule has 13 heteroatoms. The fraction of sp³-hybridized carbons (Fsp3) is 0.325. The van der Waals surface area contributed by atoms with Crippen LogP contribution < -0.4 is 10.5 Å². The van der Waals surface area contributed by atoms with Crippen LogP contribution in [0.5, 0.6) is 0 Å². The highest BCUT2D eigenvalue weighted by molar-refractivity contribution is 7.89. The van der Waals surface area contributed by atoms with Crippen molar-refractivity contribution in [1.82, 2.24) is 4.57 Å². The monoisotopic (exact) mass is 761 g/mol. The number of aromatic nitrogens is 1. The molecule has 0 saturated carbocycles. The van der Waals surface area contributed by atoms with E-state index in [-0.39, 0.29) is 46.0 Å². The summed E-state index contributed by atoms with van der Waals surface area (Å²) in [6, 6.07) is 20.3. The highest BCUT2D eigenvalue weighted by atomic mass is 32.2. The molecule has 0 saturated heterocycles. The van der Waals surface area contributed by atoms with Gasteiger partial charge in [-0.05, 0) is 85.6 Å². The first kappa shape index (κ1) is 41.1. The van der Waals surface area contributed by atoms with Crippen LogP contribution in [0.4, 0.5) is 10.1 Å². The Balaban J connectivity index is 1.92. The zero-order valence-electron chi connectivity index (χ0n) is 31.4. The van der Waals surface area contributed by atoms with E-state index in [0.717, 1.165) is 0 Å². The van der Waals surface area contributed by atoms with E-state index in [1.54, 1.807) is 28.8 Å². The van der Waals surface area contributed by atoms with Crippen LogP contribution in [0.15, 0.2) is 89.8 Å². The van der Waals surface area contributed by atoms with Gasteiger partial charge in [0.2, 0.25) is 10.0 Å². The van der Waals surface area contributed by atoms with Crippen LogP contribution >= 0.6 is 0 Å². The Bertz CT molecular complexity index is 2100. The van der Waals surface area contributed by atoms with Gasteiger partial charge in [0, 0.05) is 29.3 Å². The maximum atomic E-state index is 14.5. The van der Waals surface area contributed by atoms with Crippen molar-refractivity contribution in [3.63, 3.8) is 0 Å². The number of amides is 1. The van der Waals surface area contributed by atoms with E-state index in [9.17, 15) is 27.2 Å². The summed E-state index contributed by atoms with van der Waals surface area (Å²) in [5.74, 6) is -1.81. The normalized spacial score (nSPS) is 13.0. The number of hydrogen-bond acceptors (Lipinski definition) is 7. The Hall–Kier alpha value is -4.69. The number of benzene rings is 3. The van der Waals surface area contributed by atoms with Crippen molar-refractivity contribution in [1.29, 1.82) is 0 Å². The van der Waals surface area contributed by atoms with E-state index in [1.165, 1.54) is 43.5 Å². The zero-order valence-corrected chi connectivity index (χ0v) is 33.2. The Morgan fingerprint density at radius 2 is 1.55 bits per heavy atom. The van der Waals surface area contributed by atoms with Crippen molar-refractivity contribution in [2.24, 2.45) is 5.14 Å². The lowest BCUT2D eigenvalue weighted by Gasteiger charge is -2.39. The van der Waals surface area contributed by atoms with Gasteiger partial charge in [-0.1, -0.05) is 69.3 Å². The number of nitrogens with two attached hydrogens (primary N) is 1. The van der Waals surface area contributed by atoms with E-state index in [4.69, 9.17) is 14.3 Å². The fourth-order valence-corrected chi connectivity index (χ4v) is 7.66. The second-order valence-electron chi connectivity index (χ2n) is 14.6. The number of ether oxygens (including phenoxy) is 1. The smallest absolute Gasteiger partial charge is 0.308 e. The van der Waals surface area contributed by atoms with Crippen LogP contribution in [0, 0.1) is 5.82 Å². The number of allylic oxidation sites excluding steroid dienone is 1. The second-order valence-corrected chi connectivity index (χ2v) is 20.9. The third-order valence-corrected chi connectivity index (χ3v) is 14.8. The SMILES string of the molecule is COC(=O)C[C@@H](CC(=O)C=Cc1c(-c2ccc(F)cc2)c(-c2ccccc2)c(C(=O)Nc2cccc(S(N)(=O)=O)c2)n1C(C)C)O[Si](C)(C)C(C)(C)C. The van der Waals surface area contributed by atoms with Gasteiger partial charge in [0.15, 0.2) is 14.1 Å². The van der Waals surface area contributed by atoms with E-state index in [0.29, 0.717) is 27.9 Å². The molecule has 1 amide bonds. The molecular formula is C40H48FN3O7SSi. The minimum atomic E-state index is -4.05.